The van der Waals surface area contributed by atoms with Crippen LogP contribution < -0.4 is 0 Å². The van der Waals surface area contributed by atoms with Crippen molar-refractivity contribution in [2.75, 3.05) is 0 Å². The second-order valence-corrected chi connectivity index (χ2v) is 9.29. The van der Waals surface area contributed by atoms with Gasteiger partial charge in [0.05, 0.1) is 6.07 Å². The molecule has 0 heterocycles. The van der Waals surface area contributed by atoms with E-state index in [1.165, 1.54) is 0 Å². The number of hydrogen-bond acceptors (Lipinski definition) is 1. The van der Waals surface area contributed by atoms with Crippen LogP contribution in [0.1, 0.15) is 6.92 Å². The molecule has 1 nitrogen and oxygen atoms in total. The van der Waals surface area contributed by atoms with E-state index in [-0.39, 0.29) is 0 Å². The number of hydrogen-bond donors (Lipinski definition) is 0. The zero-order chi connectivity index (χ0) is 8.20. The van der Waals surface area contributed by atoms with Crippen LogP contribution in [0.3, 0.4) is 0 Å². The molecule has 56 valence electrons. The van der Waals surface area contributed by atoms with E-state index in [0.29, 0.717) is 0 Å². The van der Waals surface area contributed by atoms with Gasteiger partial charge in [0.15, 0.2) is 0 Å². The van der Waals surface area contributed by atoms with Crippen molar-refractivity contribution in [3.05, 3.63) is 11.6 Å². The van der Waals surface area contributed by atoms with Gasteiger partial charge in [-0.2, -0.15) is 5.26 Å². The smallest absolute Gasteiger partial charge is 0.0940 e. The first-order valence-electron chi connectivity index (χ1n) is 3.52. The highest BCUT2D eigenvalue weighted by atomic mass is 28.3. The third-order valence-electron chi connectivity index (χ3n) is 1.20. The molecule has 0 aliphatic heterocycles. The lowest BCUT2D eigenvalue weighted by Crippen LogP contribution is -2.17. The van der Waals surface area contributed by atoms with Gasteiger partial charge in [-0.1, -0.05) is 25.7 Å². The molecule has 0 radical (unpaired) electrons. The van der Waals surface area contributed by atoms with Crippen molar-refractivity contribution in [1.29, 1.82) is 5.26 Å². The summed E-state index contributed by atoms with van der Waals surface area (Å²) < 4.78 is 0. The summed E-state index contributed by atoms with van der Waals surface area (Å²) >= 11 is 0. The quantitative estimate of drug-likeness (QED) is 0.442. The van der Waals surface area contributed by atoms with Crippen LogP contribution in [0.5, 0.6) is 0 Å². The fraction of sp³-hybridized carbons (Fsp3) is 0.625. The van der Waals surface area contributed by atoms with E-state index in [0.717, 1.165) is 11.6 Å². The van der Waals surface area contributed by atoms with Crippen molar-refractivity contribution in [2.24, 2.45) is 0 Å². The monoisotopic (exact) mass is 153 g/mol. The minimum atomic E-state index is -0.964. The normalized spacial score (nSPS) is 12.9. The fourth-order valence-corrected chi connectivity index (χ4v) is 1.42. The fourth-order valence-electron chi connectivity index (χ4n) is 0.505. The molecule has 10 heavy (non-hydrogen) atoms. The summed E-state index contributed by atoms with van der Waals surface area (Å²) in [7, 11) is -0.964. The molecule has 0 saturated carbocycles. The molecule has 0 aromatic heterocycles. The maximum Gasteiger partial charge on any atom is 0.0940 e. The Morgan fingerprint density at radius 3 is 2.30 bits per heavy atom. The third-order valence-corrected chi connectivity index (χ3v) is 2.63. The average molecular weight is 153 g/mol. The van der Waals surface area contributed by atoms with E-state index in [1.54, 1.807) is 0 Å². The maximum atomic E-state index is 8.43. The standard InChI is InChI=1S/C8H15NSi/c1-8(7-9)5-6-10(2,3)4/h5H,6H2,1-4H3/b8-5-. The first-order chi connectivity index (χ1) is 4.45. The average Bonchev–Trinajstić information content (AvgIpc) is 1.81. The van der Waals surface area contributed by atoms with Crippen molar-refractivity contribution < 1.29 is 0 Å². The molecule has 0 aromatic rings. The molecule has 0 fully saturated rings. The molecule has 2 heteroatoms. The number of rotatable bonds is 2. The molecule has 0 unspecified atom stereocenters. The SMILES string of the molecule is C/C(C#N)=C/C[Si](C)(C)C. The predicted octanol–water partition coefficient (Wildman–Crippen LogP) is 2.79. The molecular formula is C8H15NSi. The first kappa shape index (κ1) is 9.45. The molecule has 0 aromatic carbocycles. The maximum absolute atomic E-state index is 8.43. The van der Waals surface area contributed by atoms with Gasteiger partial charge in [0.2, 0.25) is 0 Å². The predicted molar refractivity (Wildman–Crippen MR) is 47.5 cm³/mol. The van der Waals surface area contributed by atoms with Crippen LogP contribution in [-0.4, -0.2) is 8.07 Å². The Morgan fingerprint density at radius 1 is 1.50 bits per heavy atom. The zero-order valence-electron chi connectivity index (χ0n) is 7.23. The second kappa shape index (κ2) is 3.57. The first-order valence-corrected chi connectivity index (χ1v) is 7.23. The number of nitriles is 1. The summed E-state index contributed by atoms with van der Waals surface area (Å²) in [5.41, 5.74) is 0.849. The summed E-state index contributed by atoms with van der Waals surface area (Å²) in [6.45, 7) is 8.76. The zero-order valence-corrected chi connectivity index (χ0v) is 8.23. The molecule has 0 aliphatic carbocycles. The molecule has 0 saturated heterocycles. The minimum absolute atomic E-state index is 0.849. The van der Waals surface area contributed by atoms with Crippen LogP contribution in [-0.2, 0) is 0 Å². The minimum Gasteiger partial charge on any atom is -0.193 e. The topological polar surface area (TPSA) is 23.8 Å². The Labute approximate surface area is 64.4 Å². The molecular weight excluding hydrogens is 138 g/mol. The lowest BCUT2D eigenvalue weighted by atomic mass is 10.3. The highest BCUT2D eigenvalue weighted by molar-refractivity contribution is 6.76. The highest BCUT2D eigenvalue weighted by Crippen LogP contribution is 2.09. The van der Waals surface area contributed by atoms with Crippen molar-refractivity contribution in [2.45, 2.75) is 32.6 Å². The van der Waals surface area contributed by atoms with Crippen molar-refractivity contribution >= 4 is 8.07 Å². The van der Waals surface area contributed by atoms with Gasteiger partial charge in [-0.3, -0.25) is 0 Å². The summed E-state index contributed by atoms with van der Waals surface area (Å²) in [4.78, 5) is 0. The Kier molecular flexibility index (Phi) is 3.38. The number of allylic oxidation sites excluding steroid dienone is 2. The molecule has 0 aliphatic rings. The Bertz CT molecular complexity index is 169. The van der Waals surface area contributed by atoms with Crippen LogP contribution in [0.2, 0.25) is 25.7 Å². The molecule has 0 rings (SSSR count). The van der Waals surface area contributed by atoms with E-state index in [1.807, 2.05) is 13.0 Å². The summed E-state index contributed by atoms with van der Waals surface area (Å²) in [5, 5.41) is 8.43. The summed E-state index contributed by atoms with van der Waals surface area (Å²) in [5.74, 6) is 0. The molecule has 0 atom stereocenters. The lowest BCUT2D eigenvalue weighted by Gasteiger charge is -2.11. The molecule has 0 bridgehead atoms. The van der Waals surface area contributed by atoms with Crippen LogP contribution >= 0.6 is 0 Å². The van der Waals surface area contributed by atoms with E-state index >= 15 is 0 Å². The van der Waals surface area contributed by atoms with Crippen molar-refractivity contribution in [1.82, 2.24) is 0 Å². The van der Waals surface area contributed by atoms with Crippen LogP contribution in [0.25, 0.3) is 0 Å². The van der Waals surface area contributed by atoms with E-state index in [2.05, 4.69) is 25.7 Å². The van der Waals surface area contributed by atoms with E-state index in [9.17, 15) is 0 Å². The molecule has 0 spiro atoms. The summed E-state index contributed by atoms with van der Waals surface area (Å²) in [6.07, 6.45) is 2.05. The lowest BCUT2D eigenvalue weighted by molar-refractivity contribution is 1.39. The largest absolute Gasteiger partial charge is 0.193 e. The second-order valence-electron chi connectivity index (χ2n) is 3.76. The van der Waals surface area contributed by atoms with Gasteiger partial charge in [-0.15, -0.1) is 0 Å². The Morgan fingerprint density at radius 2 is 2.00 bits per heavy atom. The molecule has 0 N–H and O–H groups in total. The van der Waals surface area contributed by atoms with Crippen LogP contribution in [0.4, 0.5) is 0 Å². The van der Waals surface area contributed by atoms with Gasteiger partial charge < -0.3 is 0 Å². The van der Waals surface area contributed by atoms with E-state index < -0.39 is 8.07 Å². The summed E-state index contributed by atoms with van der Waals surface area (Å²) in [6, 6.07) is 3.24. The molecule has 0 amide bonds. The van der Waals surface area contributed by atoms with E-state index in [4.69, 9.17) is 5.26 Å². The van der Waals surface area contributed by atoms with Gasteiger partial charge in [-0.05, 0) is 13.0 Å². The van der Waals surface area contributed by atoms with Crippen molar-refractivity contribution in [3.63, 3.8) is 0 Å². The van der Waals surface area contributed by atoms with Gasteiger partial charge in [0.25, 0.3) is 0 Å². The Balaban J connectivity index is 3.88. The Hall–Kier alpha value is -0.553. The number of nitrogens with zero attached hydrogens (tertiary/aromatic N) is 1. The van der Waals surface area contributed by atoms with Gasteiger partial charge >= 0.3 is 0 Å². The highest BCUT2D eigenvalue weighted by Gasteiger charge is 2.09. The third kappa shape index (κ3) is 5.58. The van der Waals surface area contributed by atoms with Gasteiger partial charge in [0.1, 0.15) is 0 Å². The van der Waals surface area contributed by atoms with Gasteiger partial charge in [-0.25, -0.2) is 0 Å². The van der Waals surface area contributed by atoms with Crippen molar-refractivity contribution in [3.8, 4) is 6.07 Å². The van der Waals surface area contributed by atoms with Crippen LogP contribution in [0, 0.1) is 11.3 Å². The van der Waals surface area contributed by atoms with Crippen LogP contribution in [0.15, 0.2) is 11.6 Å². The van der Waals surface area contributed by atoms with Gasteiger partial charge in [0, 0.05) is 13.6 Å².